The van der Waals surface area contributed by atoms with E-state index in [9.17, 15) is 4.11 Å². The molecule has 12 aromatic rings. The molecule has 0 radical (unpaired) electrons. The molecule has 0 unspecified atom stereocenters. The summed E-state index contributed by atoms with van der Waals surface area (Å²) in [6, 6.07) is 1.59. The van der Waals surface area contributed by atoms with Gasteiger partial charge in [0.25, 0.3) is 0 Å². The monoisotopic (exact) mass is 750 g/mol. The van der Waals surface area contributed by atoms with Gasteiger partial charge >= 0.3 is 0 Å². The SMILES string of the molecule is [2H]c1c([2H])c([2H])c(-c2nc(-c3c([2H])c([2H])c([2H])c([2H])c3[2H])nc(-n3c4ccccc4c4cc5c6ccccc6n(-c6c([2H])c([2H])c7c8c([2H])c([2H])c([2H])c([2H])c8n(-c8c([2H])c([2H])c([2H])c([2H])c8[2H])c7c6[2H])c5cc43)n2)c([2H])c1[2H]. The van der Waals surface area contributed by atoms with E-state index >= 15 is 0 Å². The van der Waals surface area contributed by atoms with Crippen molar-refractivity contribution in [2.45, 2.75) is 0 Å². The average Bonchev–Trinajstić information content (AvgIpc) is 4.22. The summed E-state index contributed by atoms with van der Waals surface area (Å²) in [5.74, 6) is -1.35. The maximum absolute atomic E-state index is 10.2. The van der Waals surface area contributed by atoms with Crippen LogP contribution in [0, 0.1) is 0 Å². The largest absolute Gasteiger partial charge is 0.309 e. The molecule has 12 rings (SSSR count). The van der Waals surface area contributed by atoms with Crippen molar-refractivity contribution in [2.75, 3.05) is 0 Å². The Balaban J connectivity index is 1.25. The highest BCUT2D eigenvalue weighted by Gasteiger charge is 2.22. The van der Waals surface area contributed by atoms with Crippen LogP contribution in [0.15, 0.2) is 194 Å². The second-order valence-corrected chi connectivity index (χ2v) is 12.9. The second kappa shape index (κ2) is 12.3. The van der Waals surface area contributed by atoms with Gasteiger partial charge in [0, 0.05) is 54.8 Å². The molecule has 0 aliphatic carbocycles. The standard InChI is InChI=1S/C51H32N6/c1-4-16-33(17-5-1)49-52-50(34-18-6-2-7-19-34)54-51(53-49)57-45-27-15-12-24-39(45)42-31-41-38-23-11-14-26-44(38)56(47(41)32-48(42)57)36-28-29-40-37-22-10-13-25-43(37)55(46(40)30-36)35-20-8-3-9-21-35/h1-32H/i1D,2D,3D,4D,5D,6D,7D,8D,9D,10D,13D,16D,17D,18D,19D,20D,21D,22D,25D,28D,29D,30D. The number of nitrogens with zero attached hydrogens (tertiary/aromatic N) is 6. The Morgan fingerprint density at radius 1 is 0.351 bits per heavy atom. The Labute approximate surface area is 358 Å². The van der Waals surface area contributed by atoms with Gasteiger partial charge in [0.2, 0.25) is 5.95 Å². The van der Waals surface area contributed by atoms with Gasteiger partial charge in [0.1, 0.15) is 0 Å². The predicted molar refractivity (Wildman–Crippen MR) is 234 cm³/mol. The van der Waals surface area contributed by atoms with Crippen LogP contribution in [-0.4, -0.2) is 28.7 Å². The molecule has 0 spiro atoms. The fourth-order valence-corrected chi connectivity index (χ4v) is 7.49. The highest BCUT2D eigenvalue weighted by Crippen LogP contribution is 2.41. The van der Waals surface area contributed by atoms with E-state index in [1.807, 2.05) is 6.07 Å². The van der Waals surface area contributed by atoms with E-state index in [4.69, 9.17) is 36.0 Å². The molecule has 0 amide bonds. The summed E-state index contributed by atoms with van der Waals surface area (Å²) in [6.07, 6.45) is 0. The van der Waals surface area contributed by atoms with E-state index < -0.39 is 167 Å². The first-order valence-electron chi connectivity index (χ1n) is 28.4. The van der Waals surface area contributed by atoms with Crippen molar-refractivity contribution in [1.29, 1.82) is 0 Å². The molecule has 6 nitrogen and oxygen atoms in total. The first-order valence-corrected chi connectivity index (χ1v) is 17.4. The summed E-state index contributed by atoms with van der Waals surface area (Å²) < 4.78 is 199. The van der Waals surface area contributed by atoms with E-state index in [1.165, 1.54) is 9.13 Å². The van der Waals surface area contributed by atoms with Gasteiger partial charge in [-0.2, -0.15) is 9.97 Å². The van der Waals surface area contributed by atoms with Gasteiger partial charge in [-0.05, 0) is 54.5 Å². The van der Waals surface area contributed by atoms with Gasteiger partial charge in [-0.3, -0.25) is 4.57 Å². The molecule has 0 fully saturated rings. The molecule has 266 valence electrons. The van der Waals surface area contributed by atoms with Crippen LogP contribution in [-0.2, 0) is 0 Å². The predicted octanol–water partition coefficient (Wildman–Crippen LogP) is 12.5. The zero-order valence-electron chi connectivity index (χ0n) is 51.0. The lowest BCUT2D eigenvalue weighted by atomic mass is 10.1. The third-order valence-electron chi connectivity index (χ3n) is 9.82. The highest BCUT2D eigenvalue weighted by atomic mass is 15.2. The van der Waals surface area contributed by atoms with E-state index in [1.54, 1.807) is 54.6 Å². The summed E-state index contributed by atoms with van der Waals surface area (Å²) in [5.41, 5.74) is -1.30. The summed E-state index contributed by atoms with van der Waals surface area (Å²) in [5, 5.41) is 1.57. The zero-order valence-corrected chi connectivity index (χ0v) is 29.0. The van der Waals surface area contributed by atoms with E-state index in [0.29, 0.717) is 32.6 Å². The molecule has 4 heterocycles. The Kier molecular flexibility index (Phi) is 3.66. The van der Waals surface area contributed by atoms with Gasteiger partial charge in [-0.25, -0.2) is 4.98 Å². The summed E-state index contributed by atoms with van der Waals surface area (Å²) in [6.45, 7) is 0. The normalized spacial score (nSPS) is 17.3. The zero-order chi connectivity index (χ0) is 56.6. The molecule has 57 heavy (non-hydrogen) atoms. The number of rotatable bonds is 5. The maximum Gasteiger partial charge on any atom is 0.238 e. The van der Waals surface area contributed by atoms with Gasteiger partial charge in [0.15, 0.2) is 11.6 Å². The average molecular weight is 751 g/mol. The minimum atomic E-state index is -0.789. The van der Waals surface area contributed by atoms with Crippen molar-refractivity contribution >= 4 is 65.4 Å². The third-order valence-corrected chi connectivity index (χ3v) is 9.82. The molecule has 6 heteroatoms. The van der Waals surface area contributed by atoms with Crippen molar-refractivity contribution in [3.8, 4) is 40.1 Å². The molecule has 0 aliphatic heterocycles. The Morgan fingerprint density at radius 3 is 1.54 bits per heavy atom. The molecule has 4 aromatic heterocycles. The Bertz CT molecular complexity index is 4660. The lowest BCUT2D eigenvalue weighted by molar-refractivity contribution is 0.953. The number of hydrogen-bond donors (Lipinski definition) is 0. The minimum Gasteiger partial charge on any atom is -0.309 e. The number of hydrogen-bond acceptors (Lipinski definition) is 3. The lowest BCUT2D eigenvalue weighted by Crippen LogP contribution is -2.06. The van der Waals surface area contributed by atoms with Crippen LogP contribution >= 0.6 is 0 Å². The fraction of sp³-hybridized carbons (Fsp3) is 0. The van der Waals surface area contributed by atoms with Crippen molar-refractivity contribution in [3.63, 3.8) is 0 Å². The second-order valence-electron chi connectivity index (χ2n) is 12.9. The first-order chi connectivity index (χ1) is 37.4. The molecular formula is C51H32N6. The number of fused-ring (bicyclic) bond motifs is 9. The molecule has 0 aliphatic rings. The van der Waals surface area contributed by atoms with Crippen LogP contribution in [0.1, 0.15) is 30.2 Å². The van der Waals surface area contributed by atoms with Gasteiger partial charge in [-0.1, -0.05) is 139 Å². The molecule has 0 saturated carbocycles. The van der Waals surface area contributed by atoms with E-state index in [-0.39, 0.29) is 39.0 Å². The van der Waals surface area contributed by atoms with Crippen molar-refractivity contribution in [1.82, 2.24) is 28.7 Å². The molecule has 0 N–H and O–H groups in total. The fourth-order valence-electron chi connectivity index (χ4n) is 7.49. The van der Waals surface area contributed by atoms with Gasteiger partial charge in [-0.15, -0.1) is 0 Å². The lowest BCUT2D eigenvalue weighted by Gasteiger charge is -2.12. The number of aromatic nitrogens is 6. The third kappa shape index (κ3) is 4.81. The van der Waals surface area contributed by atoms with Crippen molar-refractivity contribution in [3.05, 3.63) is 194 Å². The smallest absolute Gasteiger partial charge is 0.238 e. The number of para-hydroxylation sites is 4. The van der Waals surface area contributed by atoms with Crippen LogP contribution in [0.3, 0.4) is 0 Å². The maximum atomic E-state index is 10.2. The van der Waals surface area contributed by atoms with Gasteiger partial charge < -0.3 is 9.13 Å². The molecule has 0 bridgehead atoms. The van der Waals surface area contributed by atoms with Crippen LogP contribution in [0.5, 0.6) is 0 Å². The summed E-state index contributed by atoms with van der Waals surface area (Å²) in [7, 11) is 0. The minimum absolute atomic E-state index is 0.263. The highest BCUT2D eigenvalue weighted by molar-refractivity contribution is 6.19. The Hall–Kier alpha value is -7.83. The number of benzene rings is 8. The van der Waals surface area contributed by atoms with Crippen molar-refractivity contribution < 1.29 is 30.2 Å². The summed E-state index contributed by atoms with van der Waals surface area (Å²) in [4.78, 5) is 13.9. The van der Waals surface area contributed by atoms with E-state index in [2.05, 4.69) is 4.98 Å². The van der Waals surface area contributed by atoms with Crippen molar-refractivity contribution in [2.24, 2.45) is 0 Å². The van der Waals surface area contributed by atoms with Crippen LogP contribution in [0.2, 0.25) is 0 Å². The van der Waals surface area contributed by atoms with Crippen LogP contribution in [0.4, 0.5) is 0 Å². The Morgan fingerprint density at radius 2 is 0.877 bits per heavy atom. The molecule has 0 saturated heterocycles. The van der Waals surface area contributed by atoms with Gasteiger partial charge in [0.05, 0.1) is 63.3 Å². The topological polar surface area (TPSA) is 53.5 Å². The van der Waals surface area contributed by atoms with Crippen LogP contribution < -0.4 is 0 Å². The molecular weight excluding hydrogens is 697 g/mol. The molecule has 8 aromatic carbocycles. The molecule has 0 atom stereocenters. The van der Waals surface area contributed by atoms with Crippen LogP contribution in [0.25, 0.3) is 106 Å². The first kappa shape index (κ1) is 16.9. The van der Waals surface area contributed by atoms with E-state index in [0.717, 1.165) is 4.57 Å². The summed E-state index contributed by atoms with van der Waals surface area (Å²) >= 11 is 0. The quantitative estimate of drug-likeness (QED) is 0.176.